The van der Waals surface area contributed by atoms with Crippen molar-refractivity contribution >= 4 is 17.5 Å². The van der Waals surface area contributed by atoms with Crippen molar-refractivity contribution < 1.29 is 18.7 Å². The van der Waals surface area contributed by atoms with Crippen molar-refractivity contribution in [1.29, 1.82) is 0 Å². The smallest absolute Gasteiger partial charge is 0.274 e. The van der Waals surface area contributed by atoms with Crippen LogP contribution in [-0.2, 0) is 4.79 Å². The maximum atomic E-state index is 12.0. The van der Waals surface area contributed by atoms with Crippen LogP contribution in [0.4, 0.5) is 0 Å². The summed E-state index contributed by atoms with van der Waals surface area (Å²) in [5.74, 6) is 0.778. The topological polar surface area (TPSA) is 84.1 Å². The number of nitrogens with one attached hydrogen (secondary N) is 1. The van der Waals surface area contributed by atoms with Gasteiger partial charge in [0, 0.05) is 13.1 Å². The van der Waals surface area contributed by atoms with E-state index >= 15 is 0 Å². The lowest BCUT2D eigenvalue weighted by atomic mass is 10.1. The molecule has 7 nitrogen and oxygen atoms in total. The van der Waals surface area contributed by atoms with E-state index in [1.165, 1.54) is 6.26 Å². The van der Waals surface area contributed by atoms with Gasteiger partial charge in [-0.2, -0.15) is 5.10 Å². The van der Waals surface area contributed by atoms with Crippen LogP contribution in [0.1, 0.15) is 42.5 Å². The zero-order valence-electron chi connectivity index (χ0n) is 16.1. The molecular formula is C20H25N3O4. The molecule has 1 aromatic carbocycles. The standard InChI is InChI=1S/C20H25N3O4/c1-5-23(6-2)19(24)13-27-17-9-7-16(8-10-17)14(3)21-22-20(25)18-11-12-26-15(18)4/h7-12H,5-6,13H2,1-4H3,(H,22,25)/b21-14-. The van der Waals surface area contributed by atoms with Gasteiger partial charge in [-0.25, -0.2) is 5.43 Å². The number of furan rings is 1. The van der Waals surface area contributed by atoms with Gasteiger partial charge in [0.05, 0.1) is 17.5 Å². The first-order chi connectivity index (χ1) is 13.0. The second-order valence-corrected chi connectivity index (χ2v) is 5.91. The van der Waals surface area contributed by atoms with Crippen LogP contribution in [0.5, 0.6) is 5.75 Å². The van der Waals surface area contributed by atoms with Gasteiger partial charge in [-0.05, 0) is 63.6 Å². The normalized spacial score (nSPS) is 11.2. The summed E-state index contributed by atoms with van der Waals surface area (Å²) in [6, 6.07) is 8.79. The Morgan fingerprint density at radius 2 is 1.81 bits per heavy atom. The van der Waals surface area contributed by atoms with Crippen LogP contribution in [0.15, 0.2) is 46.1 Å². The largest absolute Gasteiger partial charge is 0.484 e. The van der Waals surface area contributed by atoms with Gasteiger partial charge in [0.2, 0.25) is 0 Å². The minimum atomic E-state index is -0.324. The molecule has 7 heteroatoms. The van der Waals surface area contributed by atoms with Gasteiger partial charge in [0.1, 0.15) is 11.5 Å². The van der Waals surface area contributed by atoms with Crippen LogP contribution in [-0.4, -0.2) is 42.1 Å². The Balaban J connectivity index is 1.93. The summed E-state index contributed by atoms with van der Waals surface area (Å²) in [6.07, 6.45) is 1.46. The van der Waals surface area contributed by atoms with Crippen molar-refractivity contribution in [3.8, 4) is 5.75 Å². The zero-order chi connectivity index (χ0) is 19.8. The molecule has 0 unspecified atom stereocenters. The molecule has 0 bridgehead atoms. The lowest BCUT2D eigenvalue weighted by molar-refractivity contribution is -0.132. The first-order valence-corrected chi connectivity index (χ1v) is 8.86. The minimum Gasteiger partial charge on any atom is -0.484 e. The molecule has 0 radical (unpaired) electrons. The van der Waals surface area contributed by atoms with Crippen LogP contribution in [0, 0.1) is 6.92 Å². The van der Waals surface area contributed by atoms with Crippen LogP contribution >= 0.6 is 0 Å². The number of ether oxygens (including phenoxy) is 1. The fraction of sp³-hybridized carbons (Fsp3) is 0.350. The molecule has 2 rings (SSSR count). The number of nitrogens with zero attached hydrogens (tertiary/aromatic N) is 2. The van der Waals surface area contributed by atoms with Gasteiger partial charge in [0.25, 0.3) is 11.8 Å². The van der Waals surface area contributed by atoms with Gasteiger partial charge in [-0.15, -0.1) is 0 Å². The Labute approximate surface area is 159 Å². The maximum absolute atomic E-state index is 12.0. The maximum Gasteiger partial charge on any atom is 0.274 e. The molecule has 0 saturated heterocycles. The Bertz CT molecular complexity index is 805. The number of hydrogen-bond acceptors (Lipinski definition) is 5. The Morgan fingerprint density at radius 3 is 2.37 bits per heavy atom. The average molecular weight is 371 g/mol. The van der Waals surface area contributed by atoms with E-state index in [1.54, 1.807) is 36.9 Å². The summed E-state index contributed by atoms with van der Waals surface area (Å²) < 4.78 is 10.6. The second kappa shape index (κ2) is 9.56. The zero-order valence-corrected chi connectivity index (χ0v) is 16.1. The van der Waals surface area contributed by atoms with Crippen LogP contribution in [0.2, 0.25) is 0 Å². The van der Waals surface area contributed by atoms with Crippen LogP contribution in [0.3, 0.4) is 0 Å². The Hall–Kier alpha value is -3.09. The first kappa shape index (κ1) is 20.2. The molecule has 0 fully saturated rings. The lowest BCUT2D eigenvalue weighted by Crippen LogP contribution is -2.34. The highest BCUT2D eigenvalue weighted by Gasteiger charge is 2.11. The molecule has 27 heavy (non-hydrogen) atoms. The highest BCUT2D eigenvalue weighted by atomic mass is 16.5. The summed E-state index contributed by atoms with van der Waals surface area (Å²) in [5.41, 5.74) is 4.45. The third-order valence-electron chi connectivity index (χ3n) is 4.18. The van der Waals surface area contributed by atoms with Crippen molar-refractivity contribution in [1.82, 2.24) is 10.3 Å². The van der Waals surface area contributed by atoms with E-state index in [0.717, 1.165) is 5.56 Å². The van der Waals surface area contributed by atoms with Crippen molar-refractivity contribution in [2.75, 3.05) is 19.7 Å². The van der Waals surface area contributed by atoms with E-state index in [-0.39, 0.29) is 18.4 Å². The number of hydrogen-bond donors (Lipinski definition) is 1. The van der Waals surface area contributed by atoms with E-state index < -0.39 is 0 Å². The summed E-state index contributed by atoms with van der Waals surface area (Å²) in [7, 11) is 0. The number of likely N-dealkylation sites (N-methyl/N-ethyl adjacent to an activating group) is 1. The minimum absolute atomic E-state index is 0.00814. The monoisotopic (exact) mass is 371 g/mol. The molecule has 0 aliphatic rings. The first-order valence-electron chi connectivity index (χ1n) is 8.86. The Kier molecular flexibility index (Phi) is 7.16. The van der Waals surface area contributed by atoms with Crippen molar-refractivity contribution in [3.05, 3.63) is 53.5 Å². The van der Waals surface area contributed by atoms with E-state index in [2.05, 4.69) is 10.5 Å². The van der Waals surface area contributed by atoms with Crippen molar-refractivity contribution in [2.45, 2.75) is 27.7 Å². The Morgan fingerprint density at radius 1 is 1.15 bits per heavy atom. The molecule has 0 spiro atoms. The SMILES string of the molecule is CCN(CC)C(=O)COc1ccc(/C(C)=N\NC(=O)c2ccoc2C)cc1. The van der Waals surface area contributed by atoms with Gasteiger partial charge in [0.15, 0.2) is 6.61 Å². The van der Waals surface area contributed by atoms with Crippen molar-refractivity contribution in [2.24, 2.45) is 5.10 Å². The number of benzene rings is 1. The highest BCUT2D eigenvalue weighted by molar-refractivity contribution is 6.01. The molecule has 1 heterocycles. The van der Waals surface area contributed by atoms with Crippen molar-refractivity contribution in [3.63, 3.8) is 0 Å². The third kappa shape index (κ3) is 5.44. The second-order valence-electron chi connectivity index (χ2n) is 5.91. The summed E-state index contributed by atoms with van der Waals surface area (Å²) in [6.45, 7) is 8.72. The number of carbonyl (C=O) groups is 2. The highest BCUT2D eigenvalue weighted by Crippen LogP contribution is 2.13. The molecule has 0 saturated carbocycles. The molecule has 2 amide bonds. The molecule has 0 aliphatic heterocycles. The molecule has 0 atom stereocenters. The molecule has 144 valence electrons. The number of rotatable bonds is 8. The fourth-order valence-corrected chi connectivity index (χ4v) is 2.48. The van der Waals surface area contributed by atoms with E-state index in [0.29, 0.717) is 35.9 Å². The molecule has 1 N–H and O–H groups in total. The van der Waals surface area contributed by atoms with E-state index in [4.69, 9.17) is 9.15 Å². The lowest BCUT2D eigenvalue weighted by Gasteiger charge is -2.18. The summed E-state index contributed by atoms with van der Waals surface area (Å²) >= 11 is 0. The molecule has 0 aliphatic carbocycles. The van der Waals surface area contributed by atoms with Gasteiger partial charge in [-0.3, -0.25) is 9.59 Å². The van der Waals surface area contributed by atoms with Gasteiger partial charge >= 0.3 is 0 Å². The molecule has 1 aromatic heterocycles. The average Bonchev–Trinajstić information content (AvgIpc) is 3.11. The molecular weight excluding hydrogens is 346 g/mol. The number of amides is 2. The predicted molar refractivity (Wildman–Crippen MR) is 103 cm³/mol. The number of aryl methyl sites for hydroxylation is 1. The van der Waals surface area contributed by atoms with Crippen LogP contribution < -0.4 is 10.2 Å². The molecule has 2 aromatic rings. The summed E-state index contributed by atoms with van der Waals surface area (Å²) in [4.78, 5) is 25.7. The number of hydrazone groups is 1. The predicted octanol–water partition coefficient (Wildman–Crippen LogP) is 2.99. The van der Waals surface area contributed by atoms with Gasteiger partial charge < -0.3 is 14.1 Å². The van der Waals surface area contributed by atoms with E-state index in [9.17, 15) is 9.59 Å². The van der Waals surface area contributed by atoms with E-state index in [1.807, 2.05) is 26.0 Å². The number of carbonyl (C=O) groups excluding carboxylic acids is 2. The fourth-order valence-electron chi connectivity index (χ4n) is 2.48. The van der Waals surface area contributed by atoms with Crippen LogP contribution in [0.25, 0.3) is 0 Å². The quantitative estimate of drug-likeness (QED) is 0.571. The van der Waals surface area contributed by atoms with Gasteiger partial charge in [-0.1, -0.05) is 0 Å². The summed E-state index contributed by atoms with van der Waals surface area (Å²) in [5, 5.41) is 4.11. The third-order valence-corrected chi connectivity index (χ3v) is 4.18.